The molecule has 0 fully saturated rings. The van der Waals surface area contributed by atoms with E-state index >= 15 is 0 Å². The van der Waals surface area contributed by atoms with Crippen LogP contribution in [0.25, 0.3) is 0 Å². The molecule has 23 heavy (non-hydrogen) atoms. The molecule has 0 aliphatic heterocycles. The Morgan fingerprint density at radius 2 is 1.13 bits per heavy atom. The zero-order chi connectivity index (χ0) is 17.3. The molecule has 0 aromatic carbocycles. The van der Waals surface area contributed by atoms with Crippen LogP contribution in [-0.4, -0.2) is 28.6 Å². The van der Waals surface area contributed by atoms with Gasteiger partial charge in [-0.15, -0.1) is 0 Å². The van der Waals surface area contributed by atoms with Crippen LogP contribution in [0.3, 0.4) is 0 Å². The second kappa shape index (κ2) is 16.7. The number of hydrogen-bond acceptors (Lipinski definition) is 3. The molecule has 0 amide bonds. The summed E-state index contributed by atoms with van der Waals surface area (Å²) in [5, 5.41) is 21.6. The lowest BCUT2D eigenvalue weighted by molar-refractivity contribution is -0.0650. The molecule has 3 N–H and O–H groups in total. The molecule has 0 radical (unpaired) electrons. The molecule has 2 unspecified atom stereocenters. The van der Waals surface area contributed by atoms with Gasteiger partial charge in [-0.1, -0.05) is 90.9 Å². The lowest BCUT2D eigenvalue weighted by Gasteiger charge is -2.23. The fourth-order valence-electron chi connectivity index (χ4n) is 3.09. The maximum atomic E-state index is 9.13. The highest BCUT2D eigenvalue weighted by Gasteiger charge is 2.14. The van der Waals surface area contributed by atoms with Gasteiger partial charge in [0.1, 0.15) is 0 Å². The molecule has 3 heteroatoms. The maximum absolute atomic E-state index is 9.13. The third-order valence-corrected chi connectivity index (χ3v) is 4.84. The molecule has 0 saturated carbocycles. The molecular weight excluding hydrogens is 286 g/mol. The predicted octanol–water partition coefficient (Wildman–Crippen LogP) is 5.15. The van der Waals surface area contributed by atoms with Gasteiger partial charge in [0.2, 0.25) is 0 Å². The van der Waals surface area contributed by atoms with Crippen LogP contribution < -0.4 is 5.32 Å². The lowest BCUT2D eigenvalue weighted by Crippen LogP contribution is -2.43. The van der Waals surface area contributed by atoms with E-state index in [1.807, 2.05) is 6.92 Å². The number of aliphatic hydroxyl groups is 2. The van der Waals surface area contributed by atoms with Crippen molar-refractivity contribution in [3.8, 4) is 0 Å². The summed E-state index contributed by atoms with van der Waals surface area (Å²) in [6, 6.07) is 0.173. The van der Waals surface area contributed by atoms with Gasteiger partial charge in [-0.25, -0.2) is 0 Å². The smallest absolute Gasteiger partial charge is 0.166 e. The van der Waals surface area contributed by atoms with Gasteiger partial charge in [0.25, 0.3) is 0 Å². The first-order valence-corrected chi connectivity index (χ1v) is 10.2. The van der Waals surface area contributed by atoms with Crippen molar-refractivity contribution in [3.63, 3.8) is 0 Å². The Labute approximate surface area is 145 Å². The highest BCUT2D eigenvalue weighted by molar-refractivity contribution is 4.71. The van der Waals surface area contributed by atoms with Crippen molar-refractivity contribution in [1.82, 2.24) is 5.32 Å². The Bertz CT molecular complexity index is 234. The summed E-state index contributed by atoms with van der Waals surface area (Å²) in [4.78, 5) is 0. The first-order valence-electron chi connectivity index (χ1n) is 10.2. The summed E-state index contributed by atoms with van der Waals surface area (Å²) in [6.45, 7) is 6.26. The Morgan fingerprint density at radius 1 is 0.696 bits per heavy atom. The fourth-order valence-corrected chi connectivity index (χ4v) is 3.09. The third kappa shape index (κ3) is 15.2. The number of unbranched alkanes of at least 4 members (excludes halogenated alkanes) is 11. The molecule has 0 bridgehead atoms. The van der Waals surface area contributed by atoms with Crippen molar-refractivity contribution in [1.29, 1.82) is 0 Å². The minimum Gasteiger partial charge on any atom is -0.367 e. The fraction of sp³-hybridized carbons (Fsp3) is 1.00. The lowest BCUT2D eigenvalue weighted by atomic mass is 10.0. The van der Waals surface area contributed by atoms with Crippen molar-refractivity contribution in [2.45, 2.75) is 129 Å². The molecule has 0 aromatic heterocycles. The van der Waals surface area contributed by atoms with Gasteiger partial charge in [0.05, 0.1) is 6.04 Å². The van der Waals surface area contributed by atoms with Crippen molar-refractivity contribution in [2.24, 2.45) is 0 Å². The van der Waals surface area contributed by atoms with Crippen LogP contribution >= 0.6 is 0 Å². The highest BCUT2D eigenvalue weighted by atomic mass is 16.5. The summed E-state index contributed by atoms with van der Waals surface area (Å²) >= 11 is 0. The largest absolute Gasteiger partial charge is 0.367 e. The second-order valence-corrected chi connectivity index (χ2v) is 7.15. The number of rotatable bonds is 17. The molecule has 3 nitrogen and oxygen atoms in total. The number of nitrogens with one attached hydrogen (secondary N) is 1. The molecular formula is C20H43NO2. The second-order valence-electron chi connectivity index (χ2n) is 7.15. The quantitative estimate of drug-likeness (QED) is 0.256. The zero-order valence-electron chi connectivity index (χ0n) is 16.0. The average Bonchev–Trinajstić information content (AvgIpc) is 2.54. The van der Waals surface area contributed by atoms with Gasteiger partial charge in [0, 0.05) is 6.04 Å². The minimum absolute atomic E-state index is 0.239. The van der Waals surface area contributed by atoms with E-state index in [-0.39, 0.29) is 6.04 Å². The van der Waals surface area contributed by atoms with Crippen LogP contribution in [0, 0.1) is 0 Å². The number of hydrogen-bond donors (Lipinski definition) is 3. The molecule has 0 spiro atoms. The molecule has 0 aliphatic carbocycles. The topological polar surface area (TPSA) is 52.5 Å². The molecule has 0 aliphatic rings. The summed E-state index contributed by atoms with van der Waals surface area (Å²) in [5.41, 5.74) is 0. The van der Waals surface area contributed by atoms with E-state index in [2.05, 4.69) is 19.2 Å². The van der Waals surface area contributed by atoms with Crippen LogP contribution in [0.15, 0.2) is 0 Å². The standard InChI is InChI=1S/C20H43NO2/c1-4-6-7-8-9-10-11-12-13-14-15-16-17-19(5-2)21-18(3)20(22)23/h18-23H,4-17H2,1-3H3. The molecule has 0 saturated heterocycles. The Balaban J connectivity index is 3.34. The van der Waals surface area contributed by atoms with Crippen molar-refractivity contribution < 1.29 is 10.2 Å². The number of aliphatic hydroxyl groups excluding tert-OH is 1. The first kappa shape index (κ1) is 22.9. The summed E-state index contributed by atoms with van der Waals surface area (Å²) in [7, 11) is 0. The monoisotopic (exact) mass is 329 g/mol. The van der Waals surface area contributed by atoms with E-state index in [4.69, 9.17) is 10.2 Å². The summed E-state index contributed by atoms with van der Waals surface area (Å²) < 4.78 is 0. The maximum Gasteiger partial charge on any atom is 0.166 e. The first-order chi connectivity index (χ1) is 11.1. The van der Waals surface area contributed by atoms with Crippen LogP contribution in [0.2, 0.25) is 0 Å². The molecule has 0 heterocycles. The Hall–Kier alpha value is -0.120. The molecule has 140 valence electrons. The molecule has 0 rings (SSSR count). The van der Waals surface area contributed by atoms with Gasteiger partial charge < -0.3 is 15.5 Å². The van der Waals surface area contributed by atoms with Gasteiger partial charge >= 0.3 is 0 Å². The van der Waals surface area contributed by atoms with E-state index in [1.54, 1.807) is 0 Å². The molecule has 0 aromatic rings. The van der Waals surface area contributed by atoms with Gasteiger partial charge in [-0.3, -0.25) is 0 Å². The normalized spacial score (nSPS) is 14.3. The van der Waals surface area contributed by atoms with Crippen molar-refractivity contribution in [3.05, 3.63) is 0 Å². The summed E-state index contributed by atoms with van der Waals surface area (Å²) in [6.07, 6.45) is 17.5. The summed E-state index contributed by atoms with van der Waals surface area (Å²) in [5.74, 6) is 0. The van der Waals surface area contributed by atoms with Gasteiger partial charge in [-0.2, -0.15) is 0 Å². The van der Waals surface area contributed by atoms with E-state index < -0.39 is 6.29 Å². The van der Waals surface area contributed by atoms with Gasteiger partial charge in [0.15, 0.2) is 6.29 Å². The van der Waals surface area contributed by atoms with Crippen LogP contribution in [-0.2, 0) is 0 Å². The Morgan fingerprint density at radius 3 is 1.52 bits per heavy atom. The van der Waals surface area contributed by atoms with Crippen molar-refractivity contribution >= 4 is 0 Å². The van der Waals surface area contributed by atoms with Gasteiger partial charge in [-0.05, 0) is 19.8 Å². The SMILES string of the molecule is CCCCCCCCCCCCCCC(CC)NC(C)C(O)O. The van der Waals surface area contributed by atoms with E-state index in [0.29, 0.717) is 6.04 Å². The van der Waals surface area contributed by atoms with Crippen LogP contribution in [0.1, 0.15) is 111 Å². The predicted molar refractivity (Wildman–Crippen MR) is 101 cm³/mol. The zero-order valence-corrected chi connectivity index (χ0v) is 16.0. The third-order valence-electron chi connectivity index (χ3n) is 4.84. The van der Waals surface area contributed by atoms with Crippen molar-refractivity contribution in [2.75, 3.05) is 0 Å². The average molecular weight is 330 g/mol. The van der Waals surface area contributed by atoms with E-state index in [0.717, 1.165) is 12.8 Å². The highest BCUT2D eigenvalue weighted by Crippen LogP contribution is 2.13. The van der Waals surface area contributed by atoms with E-state index in [9.17, 15) is 0 Å². The van der Waals surface area contributed by atoms with Crippen LogP contribution in [0.4, 0.5) is 0 Å². The van der Waals surface area contributed by atoms with E-state index in [1.165, 1.54) is 77.0 Å². The van der Waals surface area contributed by atoms with Crippen LogP contribution in [0.5, 0.6) is 0 Å². The minimum atomic E-state index is -1.26. The molecule has 2 atom stereocenters. The Kier molecular flexibility index (Phi) is 16.6.